The average Bonchev–Trinajstić information content (AvgIpc) is 2.02. The van der Waals surface area contributed by atoms with Crippen LogP contribution in [0.15, 0.2) is 10.2 Å². The molecule has 0 rings (SSSR count). The summed E-state index contributed by atoms with van der Waals surface area (Å²) < 4.78 is 0. The maximum absolute atomic E-state index is 8.58. The molecule has 0 aromatic carbocycles. The standard InChI is InChI=1S/C8H12N4.Na/c1-7(2,5-9)11-12-8(3,4)6-10;/h1-4H3;. The molecule has 13 heavy (non-hydrogen) atoms. The molecule has 0 bridgehead atoms. The van der Waals surface area contributed by atoms with Gasteiger partial charge in [-0.1, -0.05) is 0 Å². The monoisotopic (exact) mass is 187 g/mol. The molecule has 0 N–H and O–H groups in total. The van der Waals surface area contributed by atoms with Gasteiger partial charge >= 0.3 is 0 Å². The van der Waals surface area contributed by atoms with Crippen LogP contribution in [0.2, 0.25) is 0 Å². The van der Waals surface area contributed by atoms with Crippen molar-refractivity contribution in [2.24, 2.45) is 10.2 Å². The molecule has 65 valence electrons. The molecular weight excluding hydrogens is 175 g/mol. The normalized spacial score (nSPS) is 11.5. The van der Waals surface area contributed by atoms with Crippen LogP contribution in [0.25, 0.3) is 0 Å². The van der Waals surface area contributed by atoms with Gasteiger partial charge < -0.3 is 0 Å². The summed E-state index contributed by atoms with van der Waals surface area (Å²) in [6.45, 7) is 6.57. The molecule has 5 heteroatoms. The van der Waals surface area contributed by atoms with Gasteiger partial charge in [-0.05, 0) is 27.7 Å². The van der Waals surface area contributed by atoms with Crippen molar-refractivity contribution in [2.75, 3.05) is 0 Å². The molecule has 0 aromatic heterocycles. The molecule has 0 fully saturated rings. The Bertz CT molecular complexity index is 239. The second-order valence-corrected chi connectivity index (χ2v) is 3.54. The molecule has 0 unspecified atom stereocenters. The SMILES string of the molecule is CC(C)(C#N)N=NC(C)(C)C#N.[Na]. The van der Waals surface area contributed by atoms with Crippen molar-refractivity contribution in [1.29, 1.82) is 10.5 Å². The van der Waals surface area contributed by atoms with E-state index >= 15 is 0 Å². The predicted octanol–water partition coefficient (Wildman–Crippen LogP) is 1.66. The Balaban J connectivity index is 0. The fraction of sp³-hybridized carbons (Fsp3) is 0.750. The Morgan fingerprint density at radius 1 is 0.846 bits per heavy atom. The van der Waals surface area contributed by atoms with Crippen LogP contribution in [0.3, 0.4) is 0 Å². The van der Waals surface area contributed by atoms with Crippen LogP contribution < -0.4 is 0 Å². The number of hydrogen-bond acceptors (Lipinski definition) is 4. The average molecular weight is 187 g/mol. The minimum absolute atomic E-state index is 0. The van der Waals surface area contributed by atoms with E-state index in [9.17, 15) is 0 Å². The summed E-state index contributed by atoms with van der Waals surface area (Å²) in [4.78, 5) is 0. The van der Waals surface area contributed by atoms with E-state index in [1.165, 1.54) is 0 Å². The number of hydrogen-bond donors (Lipinski definition) is 0. The summed E-state index contributed by atoms with van der Waals surface area (Å²) in [5.74, 6) is 0. The molecule has 0 aliphatic heterocycles. The van der Waals surface area contributed by atoms with Crippen LogP contribution in [-0.4, -0.2) is 40.6 Å². The second kappa shape index (κ2) is 5.34. The van der Waals surface area contributed by atoms with Crippen LogP contribution in [-0.2, 0) is 0 Å². The molecule has 4 nitrogen and oxygen atoms in total. The summed E-state index contributed by atoms with van der Waals surface area (Å²) in [6.07, 6.45) is 0. The van der Waals surface area contributed by atoms with Gasteiger partial charge in [-0.2, -0.15) is 20.8 Å². The Morgan fingerprint density at radius 3 is 1.23 bits per heavy atom. The molecule has 0 amide bonds. The number of nitriles is 2. The third-order valence-corrected chi connectivity index (χ3v) is 1.10. The van der Waals surface area contributed by atoms with Gasteiger partial charge in [0.05, 0.1) is 12.1 Å². The first-order chi connectivity index (χ1) is 5.33. The number of azo groups is 1. The van der Waals surface area contributed by atoms with E-state index < -0.39 is 11.1 Å². The predicted molar refractivity (Wildman–Crippen MR) is 50.0 cm³/mol. The van der Waals surface area contributed by atoms with Crippen molar-refractivity contribution in [3.63, 3.8) is 0 Å². The summed E-state index contributed by atoms with van der Waals surface area (Å²) in [5.41, 5.74) is -1.68. The van der Waals surface area contributed by atoms with E-state index in [0.29, 0.717) is 0 Å². The zero-order valence-corrected chi connectivity index (χ0v) is 10.8. The van der Waals surface area contributed by atoms with E-state index in [1.54, 1.807) is 27.7 Å². The molecule has 0 aliphatic carbocycles. The van der Waals surface area contributed by atoms with Crippen LogP contribution in [0.1, 0.15) is 27.7 Å². The van der Waals surface area contributed by atoms with Gasteiger partial charge in [-0.3, -0.25) is 0 Å². The van der Waals surface area contributed by atoms with Gasteiger partial charge in [0.2, 0.25) is 0 Å². The van der Waals surface area contributed by atoms with Gasteiger partial charge in [0.15, 0.2) is 11.1 Å². The minimum atomic E-state index is -0.839. The van der Waals surface area contributed by atoms with Crippen LogP contribution in [0.5, 0.6) is 0 Å². The van der Waals surface area contributed by atoms with Crippen molar-refractivity contribution >= 4 is 29.6 Å². The third-order valence-electron chi connectivity index (χ3n) is 1.10. The molecule has 0 saturated carbocycles. The molecular formula is C8H12N4Na. The molecule has 0 atom stereocenters. The van der Waals surface area contributed by atoms with Crippen LogP contribution in [0, 0.1) is 22.7 Å². The third kappa shape index (κ3) is 6.72. The quantitative estimate of drug-likeness (QED) is 0.487. The van der Waals surface area contributed by atoms with E-state index in [1.807, 2.05) is 12.1 Å². The zero-order chi connectivity index (χ0) is 9.83. The first-order valence-corrected chi connectivity index (χ1v) is 3.59. The van der Waals surface area contributed by atoms with E-state index in [2.05, 4.69) is 10.2 Å². The van der Waals surface area contributed by atoms with E-state index in [4.69, 9.17) is 10.5 Å². The van der Waals surface area contributed by atoms with Crippen molar-refractivity contribution in [1.82, 2.24) is 0 Å². The van der Waals surface area contributed by atoms with Crippen LogP contribution >= 0.6 is 0 Å². The number of nitrogens with zero attached hydrogens (tertiary/aromatic N) is 4. The van der Waals surface area contributed by atoms with E-state index in [0.717, 1.165) is 0 Å². The molecule has 0 aliphatic rings. The van der Waals surface area contributed by atoms with Crippen molar-refractivity contribution in [2.45, 2.75) is 38.8 Å². The van der Waals surface area contributed by atoms with Crippen LogP contribution in [0.4, 0.5) is 0 Å². The van der Waals surface area contributed by atoms with Gasteiger partial charge in [-0.25, -0.2) is 0 Å². The first kappa shape index (κ1) is 15.1. The van der Waals surface area contributed by atoms with Crippen molar-refractivity contribution in [3.8, 4) is 12.1 Å². The first-order valence-electron chi connectivity index (χ1n) is 3.59. The Kier molecular flexibility index (Phi) is 6.19. The smallest absolute Gasteiger partial charge is 0.162 e. The van der Waals surface area contributed by atoms with E-state index in [-0.39, 0.29) is 29.6 Å². The van der Waals surface area contributed by atoms with Gasteiger partial charge in [0.1, 0.15) is 0 Å². The summed E-state index contributed by atoms with van der Waals surface area (Å²) >= 11 is 0. The fourth-order valence-corrected chi connectivity index (χ4v) is 0.295. The summed E-state index contributed by atoms with van der Waals surface area (Å²) in [5, 5.41) is 24.7. The van der Waals surface area contributed by atoms with Gasteiger partial charge in [-0.15, -0.1) is 0 Å². The fourth-order valence-electron chi connectivity index (χ4n) is 0.295. The topological polar surface area (TPSA) is 72.3 Å². The number of rotatable bonds is 2. The summed E-state index contributed by atoms with van der Waals surface area (Å²) in [7, 11) is 0. The Morgan fingerprint density at radius 2 is 1.08 bits per heavy atom. The maximum Gasteiger partial charge on any atom is 0.162 e. The second-order valence-electron chi connectivity index (χ2n) is 3.54. The molecule has 0 aromatic rings. The zero-order valence-electron chi connectivity index (χ0n) is 8.79. The molecule has 1 radical (unpaired) electrons. The Labute approximate surface area is 101 Å². The maximum atomic E-state index is 8.58. The minimum Gasteiger partial charge on any atom is -0.196 e. The van der Waals surface area contributed by atoms with Gasteiger partial charge in [0.25, 0.3) is 0 Å². The molecule has 0 saturated heterocycles. The Hall–Kier alpha value is -0.420. The molecule has 0 spiro atoms. The van der Waals surface area contributed by atoms with Gasteiger partial charge in [0, 0.05) is 29.6 Å². The van der Waals surface area contributed by atoms with Crippen molar-refractivity contribution < 1.29 is 0 Å². The largest absolute Gasteiger partial charge is 0.196 e. The summed E-state index contributed by atoms with van der Waals surface area (Å²) in [6, 6.07) is 3.94. The van der Waals surface area contributed by atoms with Crippen molar-refractivity contribution in [3.05, 3.63) is 0 Å². The molecule has 0 heterocycles.